The van der Waals surface area contributed by atoms with Crippen LogP contribution in [0.1, 0.15) is 6.42 Å². The molecule has 0 unspecified atom stereocenters. The van der Waals surface area contributed by atoms with Crippen molar-refractivity contribution in [2.24, 2.45) is 0 Å². The van der Waals surface area contributed by atoms with Crippen molar-refractivity contribution in [1.29, 1.82) is 0 Å². The third-order valence-corrected chi connectivity index (χ3v) is 2.54. The second kappa shape index (κ2) is 4.53. The minimum absolute atomic E-state index is 0.338. The third kappa shape index (κ3) is 2.42. The summed E-state index contributed by atoms with van der Waals surface area (Å²) < 4.78 is 18.0. The van der Waals surface area contributed by atoms with Crippen molar-refractivity contribution in [1.82, 2.24) is 0 Å². The Labute approximate surface area is 88.8 Å². The molecule has 1 aliphatic heterocycles. The fraction of sp³-hybridized carbons (Fsp3) is 0.400. The van der Waals surface area contributed by atoms with E-state index >= 15 is 0 Å². The Morgan fingerprint density at radius 3 is 3.07 bits per heavy atom. The van der Waals surface area contributed by atoms with Gasteiger partial charge in [-0.05, 0) is 18.6 Å². The van der Waals surface area contributed by atoms with Gasteiger partial charge in [0.15, 0.2) is 0 Å². The number of rotatable bonds is 3. The molecule has 1 aromatic rings. The number of hydrogen-bond acceptors (Lipinski definition) is 3. The van der Waals surface area contributed by atoms with E-state index in [1.807, 2.05) is 23.1 Å². The van der Waals surface area contributed by atoms with E-state index in [0.717, 1.165) is 12.2 Å². The molecule has 1 aromatic carbocycles. The Balaban J connectivity index is 2.10. The predicted molar refractivity (Wildman–Crippen MR) is 58.2 cm³/mol. The first kappa shape index (κ1) is 10.3. The van der Waals surface area contributed by atoms with Gasteiger partial charge in [-0.1, -0.05) is 6.07 Å². The zero-order valence-electron chi connectivity index (χ0n) is 8.40. The van der Waals surface area contributed by atoms with Gasteiger partial charge in [-0.25, -0.2) is 4.39 Å². The lowest BCUT2D eigenvalue weighted by Crippen LogP contribution is -2.19. The lowest BCUT2D eigenvalue weighted by atomic mass is 10.2. The van der Waals surface area contributed by atoms with Crippen molar-refractivity contribution >= 4 is 13.4 Å². The molecule has 1 fully saturated rings. The second-order valence-electron chi connectivity index (χ2n) is 3.60. The molecule has 80 valence electrons. The van der Waals surface area contributed by atoms with Crippen molar-refractivity contribution in [3.05, 3.63) is 24.3 Å². The molecule has 1 saturated heterocycles. The van der Waals surface area contributed by atoms with E-state index < -0.39 is 6.17 Å². The van der Waals surface area contributed by atoms with E-state index in [1.54, 1.807) is 6.07 Å². The van der Waals surface area contributed by atoms with Crippen LogP contribution in [0.3, 0.4) is 0 Å². The predicted octanol–water partition coefficient (Wildman–Crippen LogP) is 0.872. The summed E-state index contributed by atoms with van der Waals surface area (Å²) >= 11 is 0. The van der Waals surface area contributed by atoms with Crippen LogP contribution in [0, 0.1) is 0 Å². The van der Waals surface area contributed by atoms with Crippen molar-refractivity contribution in [3.63, 3.8) is 0 Å². The number of alkyl halides is 1. The maximum Gasteiger partial charge on any atom is 0.504 e. The van der Waals surface area contributed by atoms with E-state index in [9.17, 15) is 4.39 Å². The van der Waals surface area contributed by atoms with E-state index in [0.29, 0.717) is 18.7 Å². The van der Waals surface area contributed by atoms with Gasteiger partial charge < -0.3 is 14.6 Å². The summed E-state index contributed by atoms with van der Waals surface area (Å²) in [6.07, 6.45) is -0.141. The van der Waals surface area contributed by atoms with Gasteiger partial charge in [0.05, 0.1) is 0 Å². The quantitative estimate of drug-likeness (QED) is 0.749. The van der Waals surface area contributed by atoms with Gasteiger partial charge in [-0.2, -0.15) is 0 Å². The number of anilines is 1. The van der Waals surface area contributed by atoms with Gasteiger partial charge >= 0.3 is 7.69 Å². The lowest BCUT2D eigenvalue weighted by molar-refractivity contribution is 0.364. The third-order valence-electron chi connectivity index (χ3n) is 2.54. The molecule has 0 amide bonds. The largest absolute Gasteiger partial charge is 0.539 e. The van der Waals surface area contributed by atoms with Crippen molar-refractivity contribution in [2.45, 2.75) is 12.6 Å². The van der Waals surface area contributed by atoms with Crippen LogP contribution in [0.15, 0.2) is 24.3 Å². The molecule has 0 aliphatic carbocycles. The summed E-state index contributed by atoms with van der Waals surface area (Å²) in [6.45, 7) is 1.19. The van der Waals surface area contributed by atoms with Crippen LogP contribution in [0.25, 0.3) is 0 Å². The fourth-order valence-corrected chi connectivity index (χ4v) is 1.80. The normalized spacial score (nSPS) is 20.4. The molecule has 15 heavy (non-hydrogen) atoms. The van der Waals surface area contributed by atoms with Gasteiger partial charge in [-0.15, -0.1) is 0 Å². The summed E-state index contributed by atoms with van der Waals surface area (Å²) in [6, 6.07) is 7.34. The van der Waals surface area contributed by atoms with E-state index in [4.69, 9.17) is 9.68 Å². The Morgan fingerprint density at radius 2 is 2.40 bits per heavy atom. The minimum Gasteiger partial charge on any atom is -0.539 e. The molecule has 1 heterocycles. The Hall–Kier alpha value is -1.23. The van der Waals surface area contributed by atoms with E-state index in [2.05, 4.69) is 0 Å². The lowest BCUT2D eigenvalue weighted by Gasteiger charge is -2.18. The van der Waals surface area contributed by atoms with Crippen LogP contribution in [-0.4, -0.2) is 32.0 Å². The molecule has 0 aromatic heterocycles. The molecule has 5 heteroatoms. The zero-order valence-corrected chi connectivity index (χ0v) is 8.40. The van der Waals surface area contributed by atoms with Gasteiger partial charge in [0, 0.05) is 24.8 Å². The first-order chi connectivity index (χ1) is 7.29. The Morgan fingerprint density at radius 1 is 1.53 bits per heavy atom. The molecule has 2 rings (SSSR count). The summed E-state index contributed by atoms with van der Waals surface area (Å²) in [5.41, 5.74) is 0.945. The summed E-state index contributed by atoms with van der Waals surface area (Å²) in [4.78, 5) is 1.98. The molecule has 0 radical (unpaired) electrons. The highest BCUT2D eigenvalue weighted by molar-refractivity contribution is 6.17. The second-order valence-corrected chi connectivity index (χ2v) is 3.60. The molecule has 3 nitrogen and oxygen atoms in total. The molecule has 0 spiro atoms. The highest BCUT2D eigenvalue weighted by Crippen LogP contribution is 2.25. The SMILES string of the molecule is OBOc1cccc(N2CC[C@H](F)C2)c1. The number of halogens is 1. The highest BCUT2D eigenvalue weighted by atomic mass is 19.1. The van der Waals surface area contributed by atoms with Crippen LogP contribution in [0.2, 0.25) is 0 Å². The average Bonchev–Trinajstić information content (AvgIpc) is 2.66. The summed E-state index contributed by atoms with van der Waals surface area (Å²) in [5, 5.41) is 8.62. The minimum atomic E-state index is -0.729. The highest BCUT2D eigenvalue weighted by Gasteiger charge is 2.21. The van der Waals surface area contributed by atoms with Crippen LogP contribution in [0.5, 0.6) is 5.75 Å². The number of hydrogen-bond donors (Lipinski definition) is 1. The molecule has 1 atom stereocenters. The Bertz CT molecular complexity index is 337. The molecule has 0 saturated carbocycles. The number of benzene rings is 1. The standard InChI is InChI=1S/C10H13BFNO2/c12-8-4-5-13(7-8)9-2-1-3-10(6-9)15-11-14/h1-3,6,8,11,14H,4-5,7H2/t8-/m0/s1. The maximum atomic E-state index is 13.0. The molecule has 0 bridgehead atoms. The van der Waals surface area contributed by atoms with Crippen LogP contribution >= 0.6 is 0 Å². The zero-order chi connectivity index (χ0) is 10.7. The van der Waals surface area contributed by atoms with E-state index in [1.165, 1.54) is 0 Å². The Kier molecular flexibility index (Phi) is 3.11. The van der Waals surface area contributed by atoms with Crippen LogP contribution in [-0.2, 0) is 0 Å². The molecular weight excluding hydrogens is 196 g/mol. The maximum absolute atomic E-state index is 13.0. The average molecular weight is 209 g/mol. The molecule has 1 aliphatic rings. The van der Waals surface area contributed by atoms with Gasteiger partial charge in [0.25, 0.3) is 0 Å². The van der Waals surface area contributed by atoms with Gasteiger partial charge in [0.1, 0.15) is 11.9 Å². The summed E-state index contributed by atoms with van der Waals surface area (Å²) in [7, 11) is -0.338. The van der Waals surface area contributed by atoms with E-state index in [-0.39, 0.29) is 7.69 Å². The van der Waals surface area contributed by atoms with Gasteiger partial charge in [0.2, 0.25) is 0 Å². The van der Waals surface area contributed by atoms with Crippen molar-refractivity contribution in [3.8, 4) is 5.75 Å². The fourth-order valence-electron chi connectivity index (χ4n) is 1.80. The monoisotopic (exact) mass is 209 g/mol. The first-order valence-electron chi connectivity index (χ1n) is 5.02. The smallest absolute Gasteiger partial charge is 0.504 e. The van der Waals surface area contributed by atoms with Crippen LogP contribution in [0.4, 0.5) is 10.1 Å². The van der Waals surface area contributed by atoms with Gasteiger partial charge in [-0.3, -0.25) is 0 Å². The molecular formula is C10H13BFNO2. The van der Waals surface area contributed by atoms with Crippen LogP contribution < -0.4 is 9.55 Å². The first-order valence-corrected chi connectivity index (χ1v) is 5.02. The summed E-state index contributed by atoms with van der Waals surface area (Å²) in [5.74, 6) is 0.609. The van der Waals surface area contributed by atoms with Crippen molar-refractivity contribution in [2.75, 3.05) is 18.0 Å². The van der Waals surface area contributed by atoms with Crippen molar-refractivity contribution < 1.29 is 14.1 Å². The number of nitrogens with zero attached hydrogens (tertiary/aromatic N) is 1. The topological polar surface area (TPSA) is 32.7 Å². The molecule has 1 N–H and O–H groups in total.